The molecule has 116 valence electrons. The first-order valence-corrected chi connectivity index (χ1v) is 8.45. The van der Waals surface area contributed by atoms with Crippen molar-refractivity contribution in [2.24, 2.45) is 11.8 Å². The van der Waals surface area contributed by atoms with Crippen LogP contribution in [0.4, 0.5) is 5.69 Å². The topological polar surface area (TPSA) is 38.3 Å². The van der Waals surface area contributed by atoms with Crippen LogP contribution >= 0.6 is 15.9 Å². The maximum atomic E-state index is 12.6. The molecule has 1 saturated carbocycles. The lowest BCUT2D eigenvalue weighted by molar-refractivity contribution is -0.151. The van der Waals surface area contributed by atoms with E-state index in [4.69, 9.17) is 4.74 Å². The van der Waals surface area contributed by atoms with Gasteiger partial charge in [0.05, 0.1) is 6.61 Å². The molecule has 2 atom stereocenters. The van der Waals surface area contributed by atoms with Crippen LogP contribution in [0, 0.1) is 11.8 Å². The largest absolute Gasteiger partial charge is 0.464 e. The monoisotopic (exact) mass is 353 g/mol. The molecule has 0 radical (unpaired) electrons. The molecule has 0 spiro atoms. The van der Waals surface area contributed by atoms with Crippen LogP contribution in [0.1, 0.15) is 40.0 Å². The van der Waals surface area contributed by atoms with Gasteiger partial charge in [-0.15, -0.1) is 0 Å². The Hall–Kier alpha value is -1.03. The molecule has 2 rings (SSSR count). The molecule has 0 saturated heterocycles. The summed E-state index contributed by atoms with van der Waals surface area (Å²) >= 11 is 3.44. The van der Waals surface area contributed by atoms with E-state index < -0.39 is 5.54 Å². The first-order valence-electron chi connectivity index (χ1n) is 7.66. The fourth-order valence-corrected chi connectivity index (χ4v) is 3.79. The Morgan fingerprint density at radius 3 is 2.38 bits per heavy atom. The molecule has 1 N–H and O–H groups in total. The fraction of sp³-hybridized carbons (Fsp3) is 0.588. The lowest BCUT2D eigenvalue weighted by Crippen LogP contribution is -2.52. The summed E-state index contributed by atoms with van der Waals surface area (Å²) in [6.07, 6.45) is 2.82. The molecule has 21 heavy (non-hydrogen) atoms. The van der Waals surface area contributed by atoms with Crippen molar-refractivity contribution < 1.29 is 9.53 Å². The molecule has 1 fully saturated rings. The summed E-state index contributed by atoms with van der Waals surface area (Å²) in [5.74, 6) is 0.911. The zero-order valence-corrected chi connectivity index (χ0v) is 14.6. The van der Waals surface area contributed by atoms with E-state index in [0.717, 1.165) is 23.0 Å². The highest BCUT2D eigenvalue weighted by Gasteiger charge is 2.45. The zero-order chi connectivity index (χ0) is 15.5. The van der Waals surface area contributed by atoms with Gasteiger partial charge in [0, 0.05) is 10.2 Å². The molecule has 0 heterocycles. The molecule has 0 amide bonds. The molecule has 3 nitrogen and oxygen atoms in total. The van der Waals surface area contributed by atoms with E-state index >= 15 is 0 Å². The number of halogens is 1. The van der Waals surface area contributed by atoms with Gasteiger partial charge in [0.15, 0.2) is 0 Å². The molecule has 0 bridgehead atoms. The molecule has 1 aromatic rings. The van der Waals surface area contributed by atoms with Gasteiger partial charge in [0.1, 0.15) is 5.54 Å². The maximum Gasteiger partial charge on any atom is 0.331 e. The SMILES string of the molecule is CCOC(=O)C1(Nc2ccc(Br)cc2)CC(C)CC(C)C1. The van der Waals surface area contributed by atoms with Crippen LogP contribution < -0.4 is 5.32 Å². The van der Waals surface area contributed by atoms with E-state index in [1.807, 2.05) is 31.2 Å². The van der Waals surface area contributed by atoms with Crippen LogP contribution in [0.25, 0.3) is 0 Å². The number of hydrogen-bond acceptors (Lipinski definition) is 3. The van der Waals surface area contributed by atoms with Gasteiger partial charge in [-0.3, -0.25) is 0 Å². The third-order valence-corrected chi connectivity index (χ3v) is 4.62. The lowest BCUT2D eigenvalue weighted by atomic mass is 9.71. The lowest BCUT2D eigenvalue weighted by Gasteiger charge is -2.42. The molecule has 1 aliphatic carbocycles. The van der Waals surface area contributed by atoms with Gasteiger partial charge in [-0.05, 0) is 62.3 Å². The zero-order valence-electron chi connectivity index (χ0n) is 13.0. The van der Waals surface area contributed by atoms with Crippen molar-refractivity contribution in [2.45, 2.75) is 45.6 Å². The second-order valence-corrected chi connectivity index (χ2v) is 7.20. The van der Waals surface area contributed by atoms with Crippen molar-refractivity contribution in [1.82, 2.24) is 0 Å². The number of ether oxygens (including phenoxy) is 1. The van der Waals surface area contributed by atoms with Gasteiger partial charge in [-0.25, -0.2) is 4.79 Å². The number of carbonyl (C=O) groups is 1. The number of nitrogens with one attached hydrogen (secondary N) is 1. The molecular formula is C17H24BrNO2. The molecule has 4 heteroatoms. The summed E-state index contributed by atoms with van der Waals surface area (Å²) in [5, 5.41) is 3.47. The number of hydrogen-bond donors (Lipinski definition) is 1. The number of carbonyl (C=O) groups excluding carboxylic acids is 1. The van der Waals surface area contributed by atoms with Crippen molar-refractivity contribution in [2.75, 3.05) is 11.9 Å². The van der Waals surface area contributed by atoms with E-state index in [9.17, 15) is 4.79 Å². The second-order valence-electron chi connectivity index (χ2n) is 6.29. The van der Waals surface area contributed by atoms with Gasteiger partial charge < -0.3 is 10.1 Å². The van der Waals surface area contributed by atoms with Gasteiger partial charge in [-0.1, -0.05) is 29.8 Å². The van der Waals surface area contributed by atoms with E-state index in [0.29, 0.717) is 18.4 Å². The second kappa shape index (κ2) is 6.82. The number of esters is 1. The minimum absolute atomic E-state index is 0.119. The molecule has 0 aromatic heterocycles. The average Bonchev–Trinajstić information content (AvgIpc) is 2.40. The van der Waals surface area contributed by atoms with Gasteiger partial charge in [0.2, 0.25) is 0 Å². The van der Waals surface area contributed by atoms with E-state index in [-0.39, 0.29) is 5.97 Å². The van der Waals surface area contributed by atoms with Crippen molar-refractivity contribution in [3.05, 3.63) is 28.7 Å². The quantitative estimate of drug-likeness (QED) is 0.802. The minimum Gasteiger partial charge on any atom is -0.464 e. The molecule has 1 aromatic carbocycles. The van der Waals surface area contributed by atoms with Gasteiger partial charge >= 0.3 is 5.97 Å². The summed E-state index contributed by atoms with van der Waals surface area (Å²) in [4.78, 5) is 12.6. The minimum atomic E-state index is -0.596. The van der Waals surface area contributed by atoms with Crippen LogP contribution in [0.3, 0.4) is 0 Å². The third-order valence-electron chi connectivity index (χ3n) is 4.09. The number of benzene rings is 1. The van der Waals surface area contributed by atoms with Crippen LogP contribution in [-0.4, -0.2) is 18.1 Å². The Balaban J connectivity index is 2.26. The maximum absolute atomic E-state index is 12.6. The highest BCUT2D eigenvalue weighted by Crippen LogP contribution is 2.39. The molecule has 2 unspecified atom stereocenters. The Bertz CT molecular complexity index is 476. The third kappa shape index (κ3) is 4.00. The first-order chi connectivity index (χ1) is 9.95. The van der Waals surface area contributed by atoms with Gasteiger partial charge in [-0.2, -0.15) is 0 Å². The Morgan fingerprint density at radius 1 is 1.29 bits per heavy atom. The van der Waals surface area contributed by atoms with Crippen LogP contribution in [0.15, 0.2) is 28.7 Å². The smallest absolute Gasteiger partial charge is 0.331 e. The van der Waals surface area contributed by atoms with E-state index in [1.54, 1.807) is 0 Å². The summed E-state index contributed by atoms with van der Waals surface area (Å²) < 4.78 is 6.40. The average molecular weight is 354 g/mol. The predicted molar refractivity (Wildman–Crippen MR) is 89.3 cm³/mol. The molecule has 1 aliphatic rings. The summed E-state index contributed by atoms with van der Waals surface area (Å²) in [6, 6.07) is 7.96. The summed E-state index contributed by atoms with van der Waals surface area (Å²) in [7, 11) is 0. The molecule has 0 aliphatic heterocycles. The van der Waals surface area contributed by atoms with E-state index in [2.05, 4.69) is 35.1 Å². The number of anilines is 1. The standard InChI is InChI=1S/C17H24BrNO2/c1-4-21-16(20)17(10-12(2)9-13(3)11-17)19-15-7-5-14(18)6-8-15/h5-8,12-13,19H,4,9-11H2,1-3H3. The molecular weight excluding hydrogens is 330 g/mol. The van der Waals surface area contributed by atoms with E-state index in [1.165, 1.54) is 6.42 Å². The van der Waals surface area contributed by atoms with Crippen molar-refractivity contribution in [3.63, 3.8) is 0 Å². The summed E-state index contributed by atoms with van der Waals surface area (Å²) in [6.45, 7) is 6.71. The van der Waals surface area contributed by atoms with Crippen LogP contribution in [0.5, 0.6) is 0 Å². The van der Waals surface area contributed by atoms with Crippen molar-refractivity contribution in [3.8, 4) is 0 Å². The Labute approximate surface area is 135 Å². The van der Waals surface area contributed by atoms with Crippen LogP contribution in [-0.2, 0) is 9.53 Å². The van der Waals surface area contributed by atoms with Crippen molar-refractivity contribution in [1.29, 1.82) is 0 Å². The van der Waals surface area contributed by atoms with Crippen LogP contribution in [0.2, 0.25) is 0 Å². The predicted octanol–water partition coefficient (Wildman–Crippen LogP) is 4.62. The normalized spacial score (nSPS) is 29.0. The Morgan fingerprint density at radius 2 is 1.86 bits per heavy atom. The highest BCUT2D eigenvalue weighted by atomic mass is 79.9. The van der Waals surface area contributed by atoms with Gasteiger partial charge in [0.25, 0.3) is 0 Å². The summed E-state index contributed by atoms with van der Waals surface area (Å²) in [5.41, 5.74) is 0.369. The number of rotatable bonds is 4. The Kier molecular flexibility index (Phi) is 5.31. The first kappa shape index (κ1) is 16.3. The highest BCUT2D eigenvalue weighted by molar-refractivity contribution is 9.10. The fourth-order valence-electron chi connectivity index (χ4n) is 3.53. The van der Waals surface area contributed by atoms with Crippen molar-refractivity contribution >= 4 is 27.6 Å².